The van der Waals surface area contributed by atoms with Crippen LogP contribution in [0, 0.1) is 6.92 Å². The summed E-state index contributed by atoms with van der Waals surface area (Å²) >= 11 is 0. The number of hydrogen-bond donors (Lipinski definition) is 3. The third kappa shape index (κ3) is 5.92. The smallest absolute Gasteiger partial charge is 0.381 e. The Morgan fingerprint density at radius 2 is 1.86 bits per heavy atom. The summed E-state index contributed by atoms with van der Waals surface area (Å²) < 4.78 is 47.2. The van der Waals surface area contributed by atoms with E-state index in [1.54, 1.807) is 23.8 Å². The monoisotopic (exact) mass is 506 g/mol. The van der Waals surface area contributed by atoms with Crippen molar-refractivity contribution in [1.82, 2.24) is 15.2 Å². The van der Waals surface area contributed by atoms with E-state index in [-0.39, 0.29) is 23.2 Å². The van der Waals surface area contributed by atoms with Gasteiger partial charge < -0.3 is 25.3 Å². The zero-order valence-electron chi connectivity index (χ0n) is 20.6. The van der Waals surface area contributed by atoms with Crippen LogP contribution in [0.3, 0.4) is 0 Å². The minimum atomic E-state index is -4.48. The number of halogens is 3. The third-order valence-electron chi connectivity index (χ3n) is 7.10. The fourth-order valence-electron chi connectivity index (χ4n) is 5.07. The molecule has 1 aromatic carbocycles. The van der Waals surface area contributed by atoms with E-state index in [9.17, 15) is 22.8 Å². The summed E-state index contributed by atoms with van der Waals surface area (Å²) in [6.45, 7) is 5.83. The Labute approximate surface area is 208 Å². The number of carbonyl (C=O) groups excluding carboxylic acids is 1. The minimum Gasteiger partial charge on any atom is -0.381 e. The summed E-state index contributed by atoms with van der Waals surface area (Å²) in [6.07, 6.45) is 0.148. The Morgan fingerprint density at radius 1 is 1.17 bits per heavy atom. The van der Waals surface area contributed by atoms with Crippen molar-refractivity contribution >= 4 is 11.6 Å². The molecule has 0 spiro atoms. The van der Waals surface area contributed by atoms with Crippen LogP contribution in [0.5, 0.6) is 0 Å². The quantitative estimate of drug-likeness (QED) is 0.548. The predicted octanol–water partition coefficient (Wildman–Crippen LogP) is 4.18. The van der Waals surface area contributed by atoms with Gasteiger partial charge in [-0.3, -0.25) is 9.59 Å². The number of ether oxygens (including phenoxy) is 1. The molecule has 1 amide bonds. The zero-order chi connectivity index (χ0) is 25.9. The summed E-state index contributed by atoms with van der Waals surface area (Å²) in [5.74, 6) is -0.448. The Morgan fingerprint density at radius 3 is 2.53 bits per heavy atom. The van der Waals surface area contributed by atoms with Gasteiger partial charge in [-0.05, 0) is 69.8 Å². The van der Waals surface area contributed by atoms with E-state index < -0.39 is 23.7 Å². The lowest BCUT2D eigenvalue weighted by atomic mass is 9.97. The number of anilines is 1. The summed E-state index contributed by atoms with van der Waals surface area (Å²) in [5, 5.41) is 9.52. The highest BCUT2D eigenvalue weighted by Crippen LogP contribution is 2.34. The molecule has 3 heterocycles. The van der Waals surface area contributed by atoms with Gasteiger partial charge in [-0.2, -0.15) is 13.2 Å². The molecule has 2 saturated heterocycles. The second-order valence-electron chi connectivity index (χ2n) is 9.57. The average molecular weight is 507 g/mol. The van der Waals surface area contributed by atoms with Gasteiger partial charge in [0.25, 0.3) is 11.5 Å². The number of aromatic nitrogens is 1. The summed E-state index contributed by atoms with van der Waals surface area (Å²) in [4.78, 5) is 26.5. The van der Waals surface area contributed by atoms with Crippen LogP contribution in [0.15, 0.2) is 35.3 Å². The lowest BCUT2D eigenvalue weighted by molar-refractivity contribution is -0.138. The normalized spacial score (nSPS) is 18.6. The SMILES string of the molecule is Cc1c([C@@H](C)NC(=O)c2cn(C3CCOCC3)c(=O)cc2NC2CCNCC2)cccc1C(F)(F)F. The molecule has 2 aliphatic heterocycles. The number of nitrogens with one attached hydrogen (secondary N) is 3. The number of hydrogen-bond acceptors (Lipinski definition) is 5. The highest BCUT2D eigenvalue weighted by Gasteiger charge is 2.33. The minimum absolute atomic E-state index is 0.0751. The number of benzene rings is 1. The summed E-state index contributed by atoms with van der Waals surface area (Å²) in [6, 6.07) is 4.81. The van der Waals surface area contributed by atoms with Crippen LogP contribution in [0.1, 0.15) is 71.7 Å². The molecule has 196 valence electrons. The first-order valence-corrected chi connectivity index (χ1v) is 12.4. The molecule has 36 heavy (non-hydrogen) atoms. The molecule has 1 atom stereocenters. The molecule has 0 radical (unpaired) electrons. The Hall–Kier alpha value is -2.85. The molecule has 7 nitrogen and oxygen atoms in total. The molecule has 2 aromatic rings. The Kier molecular flexibility index (Phi) is 8.04. The van der Waals surface area contributed by atoms with E-state index in [2.05, 4.69) is 16.0 Å². The first-order valence-electron chi connectivity index (χ1n) is 12.4. The van der Waals surface area contributed by atoms with Crippen molar-refractivity contribution < 1.29 is 22.7 Å². The van der Waals surface area contributed by atoms with Crippen LogP contribution >= 0.6 is 0 Å². The van der Waals surface area contributed by atoms with Crippen LogP contribution < -0.4 is 21.5 Å². The van der Waals surface area contributed by atoms with Gasteiger partial charge in [-0.1, -0.05) is 12.1 Å². The molecule has 3 N–H and O–H groups in total. The molecule has 4 rings (SSSR count). The molecule has 10 heteroatoms. The topological polar surface area (TPSA) is 84.4 Å². The van der Waals surface area contributed by atoms with Crippen molar-refractivity contribution in [3.8, 4) is 0 Å². The first-order chi connectivity index (χ1) is 17.1. The fourth-order valence-corrected chi connectivity index (χ4v) is 5.07. The van der Waals surface area contributed by atoms with E-state index in [0.717, 1.165) is 32.0 Å². The zero-order valence-corrected chi connectivity index (χ0v) is 20.6. The van der Waals surface area contributed by atoms with Gasteiger partial charge in [0.05, 0.1) is 22.9 Å². The molecule has 0 bridgehead atoms. The number of carbonyl (C=O) groups is 1. The van der Waals surface area contributed by atoms with Crippen molar-refractivity contribution in [2.75, 3.05) is 31.6 Å². The van der Waals surface area contributed by atoms with Crippen LogP contribution in [0.4, 0.5) is 18.9 Å². The largest absolute Gasteiger partial charge is 0.416 e. The molecule has 1 aromatic heterocycles. The third-order valence-corrected chi connectivity index (χ3v) is 7.10. The maximum atomic E-state index is 13.5. The molecular formula is C26H33F3N4O3. The molecule has 0 aliphatic carbocycles. The second-order valence-corrected chi connectivity index (χ2v) is 9.57. The number of alkyl halides is 3. The van der Waals surface area contributed by atoms with Crippen molar-refractivity contribution in [3.05, 3.63) is 63.1 Å². The van der Waals surface area contributed by atoms with Gasteiger partial charge in [0.1, 0.15) is 0 Å². The number of rotatable bonds is 6. The van der Waals surface area contributed by atoms with Gasteiger partial charge in [0.2, 0.25) is 0 Å². The van der Waals surface area contributed by atoms with Crippen LogP contribution in [-0.2, 0) is 10.9 Å². The summed E-state index contributed by atoms with van der Waals surface area (Å²) in [7, 11) is 0. The van der Waals surface area contributed by atoms with Gasteiger partial charge >= 0.3 is 6.18 Å². The van der Waals surface area contributed by atoms with Gasteiger partial charge in [-0.25, -0.2) is 0 Å². The Balaban J connectivity index is 1.64. The van der Waals surface area contributed by atoms with Gasteiger partial charge in [0.15, 0.2) is 0 Å². The lowest BCUT2D eigenvalue weighted by Crippen LogP contribution is -2.37. The van der Waals surface area contributed by atoms with Gasteiger partial charge in [0, 0.05) is 37.6 Å². The van der Waals surface area contributed by atoms with Crippen molar-refractivity contribution in [2.24, 2.45) is 0 Å². The van der Waals surface area contributed by atoms with E-state index in [4.69, 9.17) is 4.74 Å². The number of piperidine rings is 1. The van der Waals surface area contributed by atoms with Crippen LogP contribution in [0.2, 0.25) is 0 Å². The maximum absolute atomic E-state index is 13.5. The predicted molar refractivity (Wildman–Crippen MR) is 131 cm³/mol. The van der Waals surface area contributed by atoms with Gasteiger partial charge in [-0.15, -0.1) is 0 Å². The highest BCUT2D eigenvalue weighted by molar-refractivity contribution is 5.99. The molecule has 2 fully saturated rings. The van der Waals surface area contributed by atoms with Crippen molar-refractivity contribution in [3.63, 3.8) is 0 Å². The molecule has 0 unspecified atom stereocenters. The molecule has 0 saturated carbocycles. The van der Waals surface area contributed by atoms with E-state index in [1.165, 1.54) is 19.1 Å². The van der Waals surface area contributed by atoms with Crippen molar-refractivity contribution in [1.29, 1.82) is 0 Å². The number of nitrogens with zero attached hydrogens (tertiary/aromatic N) is 1. The highest BCUT2D eigenvalue weighted by atomic mass is 19.4. The maximum Gasteiger partial charge on any atom is 0.416 e. The van der Waals surface area contributed by atoms with Crippen LogP contribution in [0.25, 0.3) is 0 Å². The van der Waals surface area contributed by atoms with E-state index in [0.29, 0.717) is 42.9 Å². The van der Waals surface area contributed by atoms with Crippen LogP contribution in [-0.4, -0.2) is 42.8 Å². The van der Waals surface area contributed by atoms with E-state index >= 15 is 0 Å². The standard InChI is InChI=1S/C26H33F3N4O3/c1-16-20(4-3-5-22(16)26(27,28)29)17(2)31-25(35)21-15-33(19-8-12-36-13-9-19)24(34)14-23(21)32-18-6-10-30-11-7-18/h3-5,14-15,17-19,30,32H,6-13H2,1-2H3,(H,31,35)/t17-/m1/s1. The summed E-state index contributed by atoms with van der Waals surface area (Å²) in [5.41, 5.74) is 0.303. The average Bonchev–Trinajstić information content (AvgIpc) is 2.84. The second kappa shape index (κ2) is 11.0. The van der Waals surface area contributed by atoms with E-state index in [1.807, 2.05) is 0 Å². The molecule has 2 aliphatic rings. The van der Waals surface area contributed by atoms with Crippen molar-refractivity contribution in [2.45, 2.75) is 63.8 Å². The molecular weight excluding hydrogens is 473 g/mol. The number of amides is 1. The number of pyridine rings is 1. The fraction of sp³-hybridized carbons (Fsp3) is 0.538. The Bertz CT molecular complexity index is 1140. The lowest BCUT2D eigenvalue weighted by Gasteiger charge is -2.28. The first kappa shape index (κ1) is 26.2.